The van der Waals surface area contributed by atoms with Crippen molar-refractivity contribution >= 4 is 41.1 Å². The fraction of sp³-hybridized carbons (Fsp3) is 0. The summed E-state index contributed by atoms with van der Waals surface area (Å²) in [6.07, 6.45) is 0. The van der Waals surface area contributed by atoms with Crippen LogP contribution in [-0.4, -0.2) is 45.5 Å². The van der Waals surface area contributed by atoms with Crippen molar-refractivity contribution in [1.82, 2.24) is 0 Å². The molecule has 0 fully saturated rings. The molecule has 0 aliphatic carbocycles. The Hall–Kier alpha value is 0.0900. The average molecular weight is 198 g/mol. The monoisotopic (exact) mass is 198 g/mol. The first kappa shape index (κ1) is 12.1. The van der Waals surface area contributed by atoms with E-state index >= 15 is 0 Å². The van der Waals surface area contributed by atoms with Gasteiger partial charge in [0.2, 0.25) is 0 Å². The predicted octanol–water partition coefficient (Wildman–Crippen LogP) is -0.172. The molecule has 4 nitrogen and oxygen atoms in total. The molecule has 0 unspecified atom stereocenters. The first-order valence-electron chi connectivity index (χ1n) is 3.11. The Morgan fingerprint density at radius 1 is 1.08 bits per heavy atom. The van der Waals surface area contributed by atoms with Gasteiger partial charge in [0.25, 0.3) is 0 Å². The number of benzene rings is 1. The zero-order chi connectivity index (χ0) is 9.61. The minimum atomic E-state index is -4.67. The van der Waals surface area contributed by atoms with Crippen molar-refractivity contribution < 1.29 is 17.5 Å². The third kappa shape index (κ3) is 12.7. The van der Waals surface area contributed by atoms with Crippen LogP contribution in [0.5, 0.6) is 0 Å². The van der Waals surface area contributed by atoms with E-state index in [4.69, 9.17) is 17.5 Å². The van der Waals surface area contributed by atoms with Crippen molar-refractivity contribution in [2.75, 3.05) is 0 Å². The van der Waals surface area contributed by atoms with Crippen LogP contribution in [0.15, 0.2) is 30.3 Å². The summed E-state index contributed by atoms with van der Waals surface area (Å²) in [4.78, 5) is 0. The van der Waals surface area contributed by atoms with E-state index in [-0.39, 0.29) is 0 Å². The Morgan fingerprint density at radius 2 is 1.42 bits per heavy atom. The van der Waals surface area contributed by atoms with Crippen molar-refractivity contribution in [3.8, 4) is 0 Å². The number of hydrogen-bond donors (Lipinski definition) is 2. The predicted molar refractivity (Wildman–Crippen MR) is 46.0 cm³/mol. The van der Waals surface area contributed by atoms with Gasteiger partial charge < -0.3 is 0 Å². The van der Waals surface area contributed by atoms with Crippen LogP contribution in [0.2, 0.25) is 0 Å². The third-order valence-corrected chi connectivity index (χ3v) is 1.61. The molecule has 0 amide bonds. The van der Waals surface area contributed by atoms with E-state index in [1.807, 2.05) is 6.07 Å². The second-order valence-electron chi connectivity index (χ2n) is 2.10. The van der Waals surface area contributed by atoms with E-state index in [9.17, 15) is 0 Å². The van der Waals surface area contributed by atoms with Gasteiger partial charge in [0.05, 0.1) is 0 Å². The van der Waals surface area contributed by atoms with E-state index in [2.05, 4.69) is 24.3 Å². The maximum atomic E-state index is 8.74. The summed E-state index contributed by atoms with van der Waals surface area (Å²) >= 11 is 1.17. The average Bonchev–Trinajstić information content (AvgIpc) is 1.85. The van der Waals surface area contributed by atoms with Crippen LogP contribution in [0.3, 0.4) is 0 Å². The Balaban J connectivity index is 0.000000217. The first-order valence-corrected chi connectivity index (χ1v) is 5.51. The van der Waals surface area contributed by atoms with Crippen LogP contribution < -0.4 is 2.81 Å². The second-order valence-corrected chi connectivity index (χ2v) is 4.15. The molecule has 0 heterocycles. The molecule has 0 spiro atoms. The van der Waals surface area contributed by atoms with Gasteiger partial charge in [-0.05, 0) is 0 Å². The van der Waals surface area contributed by atoms with Gasteiger partial charge in [-0.1, -0.05) is 0 Å². The molecule has 0 aliphatic rings. The van der Waals surface area contributed by atoms with E-state index < -0.39 is 10.4 Å². The van der Waals surface area contributed by atoms with Crippen LogP contribution in [0.1, 0.15) is 0 Å². The van der Waals surface area contributed by atoms with Gasteiger partial charge in [0.15, 0.2) is 0 Å². The number of rotatable bonds is 0. The van der Waals surface area contributed by atoms with Gasteiger partial charge >= 0.3 is 71.5 Å². The van der Waals surface area contributed by atoms with Gasteiger partial charge in [0.1, 0.15) is 0 Å². The molecule has 0 aromatic heterocycles. The second kappa shape index (κ2) is 5.69. The zero-order valence-electron chi connectivity index (χ0n) is 6.51. The Kier molecular flexibility index (Phi) is 5.73. The molecule has 12 heavy (non-hydrogen) atoms. The fourth-order valence-electron chi connectivity index (χ4n) is 0.534. The molecule has 2 N–H and O–H groups in total. The van der Waals surface area contributed by atoms with E-state index in [0.717, 1.165) is 0 Å². The molecule has 1 aromatic carbocycles. The number of hydrogen-bond acceptors (Lipinski definition) is 2. The van der Waals surface area contributed by atoms with E-state index in [1.54, 1.807) is 0 Å². The van der Waals surface area contributed by atoms with Crippen molar-refractivity contribution in [2.24, 2.45) is 0 Å². The van der Waals surface area contributed by atoms with Crippen molar-refractivity contribution in [1.29, 1.82) is 0 Å². The summed E-state index contributed by atoms with van der Waals surface area (Å²) in [6, 6.07) is 10.5. The third-order valence-electron chi connectivity index (χ3n) is 0.940. The molecule has 0 saturated carbocycles. The summed E-state index contributed by atoms with van der Waals surface area (Å²) in [5.41, 5.74) is 0. The molecule has 0 atom stereocenters. The van der Waals surface area contributed by atoms with Crippen LogP contribution in [0.4, 0.5) is 0 Å². The molecular formula is C6H7NaO4S. The molecule has 0 bridgehead atoms. The van der Waals surface area contributed by atoms with Crippen LogP contribution in [0.25, 0.3) is 0 Å². The summed E-state index contributed by atoms with van der Waals surface area (Å²) < 4.78 is 33.0. The fourth-order valence-corrected chi connectivity index (χ4v) is 0.919. The van der Waals surface area contributed by atoms with Crippen molar-refractivity contribution in [2.45, 2.75) is 0 Å². The molecule has 1 rings (SSSR count). The maximum absolute atomic E-state index is 8.74. The zero-order valence-corrected chi connectivity index (χ0v) is 9.32. The molecule has 0 saturated heterocycles. The van der Waals surface area contributed by atoms with Gasteiger partial charge in [-0.3, -0.25) is 9.11 Å². The summed E-state index contributed by atoms with van der Waals surface area (Å²) in [6.45, 7) is 0. The van der Waals surface area contributed by atoms with Gasteiger partial charge in [-0.2, -0.15) is 8.42 Å². The molecular weight excluding hydrogens is 191 g/mol. The Labute approximate surface area is 88.6 Å². The van der Waals surface area contributed by atoms with E-state index in [1.165, 1.54) is 30.7 Å². The Bertz CT molecular complexity index is 300. The van der Waals surface area contributed by atoms with Crippen LogP contribution in [-0.2, 0) is 10.4 Å². The van der Waals surface area contributed by atoms with Crippen LogP contribution >= 0.6 is 0 Å². The molecule has 6 heteroatoms. The van der Waals surface area contributed by atoms with Crippen LogP contribution in [0, 0.1) is 0 Å². The van der Waals surface area contributed by atoms with Gasteiger partial charge in [-0.25, -0.2) is 0 Å². The molecule has 62 valence electrons. The first-order chi connectivity index (χ1) is 5.39. The normalized spacial score (nSPS) is 10.0. The van der Waals surface area contributed by atoms with Crippen molar-refractivity contribution in [3.05, 3.63) is 30.3 Å². The summed E-state index contributed by atoms with van der Waals surface area (Å²) in [5, 5.41) is 0. The van der Waals surface area contributed by atoms with Gasteiger partial charge in [0, 0.05) is 0 Å². The molecule has 1 aromatic rings. The summed E-state index contributed by atoms with van der Waals surface area (Å²) in [5.74, 6) is 0. The minimum absolute atomic E-state index is 1.17. The molecule has 0 radical (unpaired) electrons. The Morgan fingerprint density at radius 3 is 1.58 bits per heavy atom. The SMILES string of the molecule is O=S(=O)(O)O.[Na][c]1ccccc1. The summed E-state index contributed by atoms with van der Waals surface area (Å²) in [7, 11) is -4.67. The molecule has 0 aliphatic heterocycles. The van der Waals surface area contributed by atoms with Gasteiger partial charge in [-0.15, -0.1) is 0 Å². The topological polar surface area (TPSA) is 74.6 Å². The standard InChI is InChI=1S/C6H5.Na.H2O4S/c1-2-4-6-5-3-1;;1-5(2,3)4/h1-5H;;(H2,1,2,3,4). The van der Waals surface area contributed by atoms with E-state index in [0.29, 0.717) is 0 Å². The quantitative estimate of drug-likeness (QED) is 0.448. The van der Waals surface area contributed by atoms with Crippen molar-refractivity contribution in [3.63, 3.8) is 0 Å².